The molecule has 0 radical (unpaired) electrons. The first-order chi connectivity index (χ1) is 10.3. The number of primary amides is 1. The Morgan fingerprint density at radius 2 is 1.58 bits per heavy atom. The molecule has 0 saturated carbocycles. The first kappa shape index (κ1) is 19.0. The van der Waals surface area contributed by atoms with Crippen LogP contribution < -0.4 is 19.9 Å². The molecule has 1 atom stereocenters. The second kappa shape index (κ2) is 6.23. The second-order valence-electron chi connectivity index (χ2n) is 4.86. The number of nitrogens with two attached hydrogens (primary N) is 1. The van der Waals surface area contributed by atoms with Gasteiger partial charge in [-0.2, -0.15) is 0 Å². The molecule has 0 saturated heterocycles. The predicted octanol–water partition coefficient (Wildman–Crippen LogP) is -2.61. The molecule has 1 aromatic rings. The van der Waals surface area contributed by atoms with Crippen LogP contribution in [0.5, 0.6) is 17.2 Å². The molecule has 0 spiro atoms. The Morgan fingerprint density at radius 1 is 1.00 bits per heavy atom. The van der Waals surface area contributed by atoms with Crippen molar-refractivity contribution in [2.24, 2.45) is 5.73 Å². The smallest absolute Gasteiger partial charge is 0.345 e. The number of fused-ring (bicyclic) bond motifs is 2. The van der Waals surface area contributed by atoms with E-state index >= 15 is 0 Å². The number of ether oxygens (including phenoxy) is 3. The summed E-state index contributed by atoms with van der Waals surface area (Å²) >= 11 is 0. The lowest BCUT2D eigenvalue weighted by molar-refractivity contribution is -0.170. The largest absolute Gasteiger partial charge is 0.422 e. The summed E-state index contributed by atoms with van der Waals surface area (Å²) in [5.74, 6) is -5.23. The van der Waals surface area contributed by atoms with Gasteiger partial charge in [0.2, 0.25) is 5.75 Å². The SMILES string of the molecule is NC(=O)c1ccc2c3c1OC(=O)CC(O)(CC(=O)O2)C(=O)O3.O.O. The lowest BCUT2D eigenvalue weighted by Gasteiger charge is -2.30. The molecule has 11 heteroatoms. The van der Waals surface area contributed by atoms with Gasteiger partial charge in [0.05, 0.1) is 18.4 Å². The number of rotatable bonds is 1. The van der Waals surface area contributed by atoms with Crippen LogP contribution >= 0.6 is 0 Å². The number of esters is 3. The van der Waals surface area contributed by atoms with Crippen molar-refractivity contribution in [3.8, 4) is 17.2 Å². The molecule has 11 nitrogen and oxygen atoms in total. The summed E-state index contributed by atoms with van der Waals surface area (Å²) in [5, 5.41) is 10.2. The molecular weight excluding hydrogens is 330 g/mol. The van der Waals surface area contributed by atoms with Crippen LogP contribution in [0.1, 0.15) is 23.2 Å². The highest BCUT2D eigenvalue weighted by molar-refractivity contribution is 6.01. The van der Waals surface area contributed by atoms with E-state index in [0.717, 1.165) is 0 Å². The Kier molecular flexibility index (Phi) is 4.94. The molecule has 1 amide bonds. The first-order valence-corrected chi connectivity index (χ1v) is 6.13. The molecular formula is C13H13NO10. The van der Waals surface area contributed by atoms with E-state index in [1.165, 1.54) is 12.1 Å². The number of hydrogen-bond donors (Lipinski definition) is 2. The van der Waals surface area contributed by atoms with E-state index in [2.05, 4.69) is 0 Å². The van der Waals surface area contributed by atoms with Crippen LogP contribution in [0.15, 0.2) is 12.1 Å². The third kappa shape index (κ3) is 2.90. The number of carbonyl (C=O) groups excluding carboxylic acids is 4. The van der Waals surface area contributed by atoms with E-state index in [1.54, 1.807) is 0 Å². The molecule has 3 rings (SSSR count). The second-order valence-corrected chi connectivity index (χ2v) is 4.86. The van der Waals surface area contributed by atoms with Crippen LogP contribution in [0.25, 0.3) is 0 Å². The molecule has 130 valence electrons. The molecule has 0 aliphatic carbocycles. The van der Waals surface area contributed by atoms with Crippen molar-refractivity contribution in [3.63, 3.8) is 0 Å². The van der Waals surface area contributed by atoms with Gasteiger partial charge in [-0.05, 0) is 12.1 Å². The molecule has 1 aromatic carbocycles. The zero-order valence-electron chi connectivity index (χ0n) is 12.0. The molecule has 24 heavy (non-hydrogen) atoms. The summed E-state index contributed by atoms with van der Waals surface area (Å²) in [4.78, 5) is 47.0. The number of aliphatic hydroxyl groups is 1. The maximum Gasteiger partial charge on any atom is 0.345 e. The average molecular weight is 343 g/mol. The van der Waals surface area contributed by atoms with E-state index < -0.39 is 53.8 Å². The van der Waals surface area contributed by atoms with E-state index in [0.29, 0.717) is 0 Å². The zero-order chi connectivity index (χ0) is 16.1. The van der Waals surface area contributed by atoms with Gasteiger partial charge in [-0.1, -0.05) is 0 Å². The minimum Gasteiger partial charge on any atom is -0.422 e. The Morgan fingerprint density at radius 3 is 2.17 bits per heavy atom. The Balaban J connectivity index is 0.00000144. The molecule has 0 fully saturated rings. The molecule has 2 aliphatic rings. The van der Waals surface area contributed by atoms with E-state index in [-0.39, 0.29) is 22.3 Å². The van der Waals surface area contributed by atoms with Gasteiger partial charge in [-0.25, -0.2) is 4.79 Å². The van der Waals surface area contributed by atoms with Crippen LogP contribution in [-0.2, 0) is 14.4 Å². The van der Waals surface area contributed by atoms with Crippen molar-refractivity contribution < 1.29 is 49.4 Å². The van der Waals surface area contributed by atoms with Crippen LogP contribution in [0.2, 0.25) is 0 Å². The van der Waals surface area contributed by atoms with E-state index in [1.807, 2.05) is 0 Å². The highest BCUT2D eigenvalue weighted by Crippen LogP contribution is 2.44. The lowest BCUT2D eigenvalue weighted by Crippen LogP contribution is -2.49. The number of benzene rings is 1. The number of carbonyl (C=O) groups is 4. The predicted molar refractivity (Wildman–Crippen MR) is 73.3 cm³/mol. The van der Waals surface area contributed by atoms with E-state index in [9.17, 15) is 24.3 Å². The van der Waals surface area contributed by atoms with Crippen molar-refractivity contribution in [2.75, 3.05) is 0 Å². The lowest BCUT2D eigenvalue weighted by atomic mass is 9.94. The van der Waals surface area contributed by atoms with Crippen molar-refractivity contribution in [2.45, 2.75) is 18.4 Å². The Bertz CT molecular complexity index is 743. The van der Waals surface area contributed by atoms with Gasteiger partial charge in [0.15, 0.2) is 17.1 Å². The zero-order valence-corrected chi connectivity index (χ0v) is 12.0. The Hall–Kier alpha value is -3.02. The third-order valence-corrected chi connectivity index (χ3v) is 3.23. The van der Waals surface area contributed by atoms with Gasteiger partial charge in [0.25, 0.3) is 5.91 Å². The van der Waals surface area contributed by atoms with Crippen LogP contribution in [0.3, 0.4) is 0 Å². The molecule has 2 aliphatic heterocycles. The van der Waals surface area contributed by atoms with Crippen molar-refractivity contribution in [1.82, 2.24) is 0 Å². The third-order valence-electron chi connectivity index (χ3n) is 3.23. The van der Waals surface area contributed by atoms with Crippen LogP contribution in [-0.4, -0.2) is 45.5 Å². The van der Waals surface area contributed by atoms with Gasteiger partial charge < -0.3 is 36.0 Å². The summed E-state index contributed by atoms with van der Waals surface area (Å²) in [6.07, 6.45) is -1.60. The standard InChI is InChI=1S/C13H9NO8.2H2O/c14-11(17)5-1-2-6-10-9(5)21-8(16)4-13(19,12(18)22-10)3-7(15)20-6;;/h1-2,19H,3-4H2,(H2,14,17);2*1H2. The molecule has 2 heterocycles. The van der Waals surface area contributed by atoms with Gasteiger partial charge >= 0.3 is 17.9 Å². The summed E-state index contributed by atoms with van der Waals surface area (Å²) < 4.78 is 14.9. The highest BCUT2D eigenvalue weighted by Gasteiger charge is 2.48. The average Bonchev–Trinajstić information content (AvgIpc) is 2.38. The summed E-state index contributed by atoms with van der Waals surface area (Å²) in [7, 11) is 0. The fourth-order valence-corrected chi connectivity index (χ4v) is 2.20. The molecule has 0 aromatic heterocycles. The minimum absolute atomic E-state index is 0. The maximum absolute atomic E-state index is 12.0. The Labute approximate surface area is 133 Å². The fourth-order valence-electron chi connectivity index (χ4n) is 2.20. The normalized spacial score (nSPS) is 21.5. The van der Waals surface area contributed by atoms with Gasteiger partial charge in [0.1, 0.15) is 0 Å². The van der Waals surface area contributed by atoms with Crippen LogP contribution in [0.4, 0.5) is 0 Å². The summed E-state index contributed by atoms with van der Waals surface area (Å²) in [6, 6.07) is 2.34. The summed E-state index contributed by atoms with van der Waals surface area (Å²) in [6.45, 7) is 0. The topological polar surface area (TPSA) is 205 Å². The molecule has 7 N–H and O–H groups in total. The van der Waals surface area contributed by atoms with Crippen molar-refractivity contribution in [3.05, 3.63) is 17.7 Å². The first-order valence-electron chi connectivity index (χ1n) is 6.13. The monoisotopic (exact) mass is 343 g/mol. The number of hydrogen-bond acceptors (Lipinski definition) is 8. The van der Waals surface area contributed by atoms with Crippen LogP contribution in [0, 0.1) is 0 Å². The number of amides is 1. The molecule has 1 unspecified atom stereocenters. The van der Waals surface area contributed by atoms with E-state index in [4.69, 9.17) is 19.9 Å². The van der Waals surface area contributed by atoms with Gasteiger partial charge in [0, 0.05) is 0 Å². The molecule has 2 bridgehead atoms. The van der Waals surface area contributed by atoms with Crippen molar-refractivity contribution >= 4 is 23.8 Å². The highest BCUT2D eigenvalue weighted by atomic mass is 16.6. The quantitative estimate of drug-likeness (QED) is 0.407. The van der Waals surface area contributed by atoms with Gasteiger partial charge in [-0.3, -0.25) is 14.4 Å². The maximum atomic E-state index is 12.0. The fraction of sp³-hybridized carbons (Fsp3) is 0.231. The van der Waals surface area contributed by atoms with Crippen molar-refractivity contribution in [1.29, 1.82) is 0 Å². The van der Waals surface area contributed by atoms with Gasteiger partial charge in [-0.15, -0.1) is 0 Å². The summed E-state index contributed by atoms with van der Waals surface area (Å²) in [5.41, 5.74) is 2.54. The minimum atomic E-state index is -2.40.